The summed E-state index contributed by atoms with van der Waals surface area (Å²) in [4.78, 5) is 0. The van der Waals surface area contributed by atoms with E-state index >= 15 is 0 Å². The zero-order valence-corrected chi connectivity index (χ0v) is 10.5. The van der Waals surface area contributed by atoms with Crippen LogP contribution in [-0.4, -0.2) is 11.5 Å². The van der Waals surface area contributed by atoms with E-state index in [0.717, 1.165) is 31.4 Å². The van der Waals surface area contributed by atoms with Crippen molar-refractivity contribution in [3.63, 3.8) is 0 Å². The molecule has 1 N–H and O–H groups in total. The fourth-order valence-corrected chi connectivity index (χ4v) is 1.72. The van der Waals surface area contributed by atoms with Gasteiger partial charge >= 0.3 is 6.36 Å². The number of aliphatic hydroxyl groups is 1. The number of alkyl halides is 3. The topological polar surface area (TPSA) is 29.5 Å². The Kier molecular flexibility index (Phi) is 5.60. The molecule has 108 valence electrons. The molecule has 0 amide bonds. The van der Waals surface area contributed by atoms with Gasteiger partial charge in [-0.3, -0.25) is 0 Å². The van der Waals surface area contributed by atoms with Gasteiger partial charge in [0, 0.05) is 11.6 Å². The second-order valence-electron chi connectivity index (χ2n) is 4.24. The molecule has 0 bridgehead atoms. The minimum atomic E-state index is -4.85. The Hall–Kier alpha value is -1.30. The third kappa shape index (κ3) is 5.46. The molecule has 0 aromatic heterocycles. The molecular formula is C13H16F4O2. The molecule has 0 radical (unpaired) electrons. The molecular weight excluding hydrogens is 264 g/mol. The van der Waals surface area contributed by atoms with Crippen LogP contribution in [0.3, 0.4) is 0 Å². The van der Waals surface area contributed by atoms with Crippen LogP contribution >= 0.6 is 0 Å². The van der Waals surface area contributed by atoms with Gasteiger partial charge in [-0.15, -0.1) is 13.2 Å². The van der Waals surface area contributed by atoms with Crippen LogP contribution in [0.2, 0.25) is 0 Å². The summed E-state index contributed by atoms with van der Waals surface area (Å²) in [6.45, 7) is 2.00. The Bertz CT molecular complexity index is 404. The normalized spacial score (nSPS) is 13.4. The summed E-state index contributed by atoms with van der Waals surface area (Å²) in [5.74, 6) is -1.53. The summed E-state index contributed by atoms with van der Waals surface area (Å²) >= 11 is 0. The second-order valence-corrected chi connectivity index (χ2v) is 4.24. The van der Waals surface area contributed by atoms with Gasteiger partial charge in [0.1, 0.15) is 11.6 Å². The first kappa shape index (κ1) is 15.8. The first-order valence-electron chi connectivity index (χ1n) is 6.06. The van der Waals surface area contributed by atoms with E-state index in [1.165, 1.54) is 0 Å². The maximum Gasteiger partial charge on any atom is 0.573 e. The average molecular weight is 280 g/mol. The van der Waals surface area contributed by atoms with Gasteiger partial charge in [0.05, 0.1) is 6.10 Å². The van der Waals surface area contributed by atoms with E-state index in [-0.39, 0.29) is 5.56 Å². The van der Waals surface area contributed by atoms with Crippen LogP contribution in [0.25, 0.3) is 0 Å². The summed E-state index contributed by atoms with van der Waals surface area (Å²) in [6, 6.07) is 2.74. The van der Waals surface area contributed by atoms with Crippen LogP contribution in [0.4, 0.5) is 17.6 Å². The number of benzene rings is 1. The average Bonchev–Trinajstić information content (AvgIpc) is 2.27. The van der Waals surface area contributed by atoms with E-state index in [1.807, 2.05) is 6.92 Å². The van der Waals surface area contributed by atoms with Gasteiger partial charge in [0.2, 0.25) is 0 Å². The number of hydrogen-bond donors (Lipinski definition) is 1. The number of hydrogen-bond acceptors (Lipinski definition) is 2. The lowest BCUT2D eigenvalue weighted by Gasteiger charge is -2.14. The summed E-state index contributed by atoms with van der Waals surface area (Å²) in [7, 11) is 0. The largest absolute Gasteiger partial charge is 0.573 e. The molecule has 2 nitrogen and oxygen atoms in total. The lowest BCUT2D eigenvalue weighted by Crippen LogP contribution is -2.17. The van der Waals surface area contributed by atoms with Gasteiger partial charge < -0.3 is 9.84 Å². The van der Waals surface area contributed by atoms with Crippen molar-refractivity contribution in [2.24, 2.45) is 0 Å². The van der Waals surface area contributed by atoms with Crippen molar-refractivity contribution in [1.29, 1.82) is 0 Å². The SMILES string of the molecule is CCCCCC(O)c1ccc(OC(F)(F)F)cc1F. The molecule has 1 unspecified atom stereocenters. The highest BCUT2D eigenvalue weighted by Gasteiger charge is 2.31. The van der Waals surface area contributed by atoms with Crippen molar-refractivity contribution in [1.82, 2.24) is 0 Å². The lowest BCUT2D eigenvalue weighted by atomic mass is 10.0. The van der Waals surface area contributed by atoms with Gasteiger partial charge in [-0.05, 0) is 18.6 Å². The second kappa shape index (κ2) is 6.75. The van der Waals surface area contributed by atoms with Crippen LogP contribution < -0.4 is 4.74 Å². The maximum absolute atomic E-state index is 13.6. The highest BCUT2D eigenvalue weighted by atomic mass is 19.4. The fourth-order valence-electron chi connectivity index (χ4n) is 1.72. The Morgan fingerprint density at radius 1 is 1.26 bits per heavy atom. The fraction of sp³-hybridized carbons (Fsp3) is 0.538. The van der Waals surface area contributed by atoms with Crippen LogP contribution in [0.15, 0.2) is 18.2 Å². The predicted molar refractivity (Wildman–Crippen MR) is 62.2 cm³/mol. The summed E-state index contributed by atoms with van der Waals surface area (Å²) in [6.07, 6.45) is -2.87. The Balaban J connectivity index is 2.71. The molecule has 6 heteroatoms. The quantitative estimate of drug-likeness (QED) is 0.620. The van der Waals surface area contributed by atoms with Crippen LogP contribution in [0.5, 0.6) is 5.75 Å². The molecule has 1 aromatic carbocycles. The molecule has 0 aliphatic heterocycles. The van der Waals surface area contributed by atoms with Crippen LogP contribution in [-0.2, 0) is 0 Å². The van der Waals surface area contributed by atoms with Crippen molar-refractivity contribution >= 4 is 0 Å². The van der Waals surface area contributed by atoms with Gasteiger partial charge in [-0.2, -0.15) is 0 Å². The molecule has 0 aliphatic carbocycles. The van der Waals surface area contributed by atoms with Crippen molar-refractivity contribution in [3.05, 3.63) is 29.6 Å². The van der Waals surface area contributed by atoms with Gasteiger partial charge in [0.25, 0.3) is 0 Å². The monoisotopic (exact) mass is 280 g/mol. The molecule has 0 saturated heterocycles. The predicted octanol–water partition coefficient (Wildman–Crippen LogP) is 4.34. The standard InChI is InChI=1S/C13H16F4O2/c1-2-3-4-5-12(18)10-7-6-9(8-11(10)14)19-13(15,16)17/h6-8,12,18H,2-5H2,1H3. The van der Waals surface area contributed by atoms with E-state index < -0.39 is 24.0 Å². The van der Waals surface area contributed by atoms with Crippen molar-refractivity contribution in [3.8, 4) is 5.75 Å². The van der Waals surface area contributed by atoms with Crippen molar-refractivity contribution < 1.29 is 27.4 Å². The summed E-state index contributed by atoms with van der Waals surface area (Å²) in [5.41, 5.74) is -0.00868. The zero-order chi connectivity index (χ0) is 14.5. The first-order chi connectivity index (χ1) is 8.83. The molecule has 0 heterocycles. The van der Waals surface area contributed by atoms with Crippen LogP contribution in [0.1, 0.15) is 44.3 Å². The Labute approximate surface area is 109 Å². The number of ether oxygens (including phenoxy) is 1. The number of unbranched alkanes of at least 4 members (excludes halogenated alkanes) is 2. The summed E-state index contributed by atoms with van der Waals surface area (Å²) in [5, 5.41) is 9.75. The van der Waals surface area contributed by atoms with E-state index in [1.54, 1.807) is 0 Å². The summed E-state index contributed by atoms with van der Waals surface area (Å²) < 4.78 is 53.0. The molecule has 1 atom stereocenters. The molecule has 0 saturated carbocycles. The van der Waals surface area contributed by atoms with E-state index in [4.69, 9.17) is 0 Å². The van der Waals surface area contributed by atoms with Crippen molar-refractivity contribution in [2.75, 3.05) is 0 Å². The lowest BCUT2D eigenvalue weighted by molar-refractivity contribution is -0.274. The van der Waals surface area contributed by atoms with Gasteiger partial charge in [-0.25, -0.2) is 4.39 Å². The highest BCUT2D eigenvalue weighted by Crippen LogP contribution is 2.28. The highest BCUT2D eigenvalue weighted by molar-refractivity contribution is 5.30. The third-order valence-electron chi connectivity index (χ3n) is 2.65. The minimum Gasteiger partial charge on any atom is -0.406 e. The third-order valence-corrected chi connectivity index (χ3v) is 2.65. The first-order valence-corrected chi connectivity index (χ1v) is 6.06. The van der Waals surface area contributed by atoms with E-state index in [0.29, 0.717) is 12.5 Å². The zero-order valence-electron chi connectivity index (χ0n) is 10.5. The van der Waals surface area contributed by atoms with Crippen molar-refractivity contribution in [2.45, 2.75) is 45.1 Å². The molecule has 0 aliphatic rings. The molecule has 1 aromatic rings. The van der Waals surface area contributed by atoms with E-state index in [2.05, 4.69) is 4.74 Å². The minimum absolute atomic E-state index is 0.00868. The number of halogens is 4. The molecule has 0 fully saturated rings. The van der Waals surface area contributed by atoms with Gasteiger partial charge in [0.15, 0.2) is 0 Å². The number of rotatable bonds is 6. The smallest absolute Gasteiger partial charge is 0.406 e. The molecule has 1 rings (SSSR count). The van der Waals surface area contributed by atoms with Gasteiger partial charge in [-0.1, -0.05) is 26.2 Å². The molecule has 19 heavy (non-hydrogen) atoms. The maximum atomic E-state index is 13.6. The molecule has 0 spiro atoms. The number of aliphatic hydroxyl groups excluding tert-OH is 1. The Morgan fingerprint density at radius 2 is 1.95 bits per heavy atom. The Morgan fingerprint density at radius 3 is 2.47 bits per heavy atom. The van der Waals surface area contributed by atoms with Crippen LogP contribution in [0, 0.1) is 5.82 Å². The van der Waals surface area contributed by atoms with E-state index in [9.17, 15) is 22.7 Å².